The van der Waals surface area contributed by atoms with Gasteiger partial charge in [-0.2, -0.15) is 5.10 Å². The molecule has 3 N–H and O–H groups in total. The quantitative estimate of drug-likeness (QED) is 0.330. The number of hydrazone groups is 1. The molecular weight excluding hydrogens is 420 g/mol. The van der Waals surface area contributed by atoms with Gasteiger partial charge in [0.2, 0.25) is 0 Å². The lowest BCUT2D eigenvalue weighted by molar-refractivity contribution is -0.139. The molecule has 2 aromatic carbocycles. The van der Waals surface area contributed by atoms with E-state index in [9.17, 15) is 14.4 Å². The van der Waals surface area contributed by atoms with Gasteiger partial charge < -0.3 is 15.4 Å². The molecule has 0 saturated carbocycles. The first-order valence-corrected chi connectivity index (χ1v) is 10.0. The van der Waals surface area contributed by atoms with E-state index in [1.165, 1.54) is 6.21 Å². The van der Waals surface area contributed by atoms with Crippen molar-refractivity contribution in [3.63, 3.8) is 0 Å². The van der Waals surface area contributed by atoms with Gasteiger partial charge in [0.05, 0.1) is 11.2 Å². The predicted octanol–water partition coefficient (Wildman–Crippen LogP) is 2.89. The number of hydrogen-bond donors (Lipinski definition) is 3. The zero-order valence-electron chi connectivity index (χ0n) is 17.6. The fourth-order valence-electron chi connectivity index (χ4n) is 2.29. The van der Waals surface area contributed by atoms with Crippen molar-refractivity contribution in [3.05, 3.63) is 58.6 Å². The van der Waals surface area contributed by atoms with Crippen molar-refractivity contribution in [2.75, 3.05) is 18.5 Å². The van der Waals surface area contributed by atoms with Gasteiger partial charge in [-0.05, 0) is 48.7 Å². The van der Waals surface area contributed by atoms with Gasteiger partial charge in [0.1, 0.15) is 5.75 Å². The van der Waals surface area contributed by atoms with Gasteiger partial charge in [0.25, 0.3) is 5.91 Å². The van der Waals surface area contributed by atoms with Crippen LogP contribution in [0.1, 0.15) is 25.0 Å². The number of benzene rings is 2. The first-order valence-electron chi connectivity index (χ1n) is 9.64. The average molecular weight is 445 g/mol. The lowest BCUT2D eigenvalue weighted by atomic mass is 10.2. The van der Waals surface area contributed by atoms with Gasteiger partial charge in [-0.3, -0.25) is 14.4 Å². The standard InChI is InChI=1S/C22H25ClN4O4/c1-14(2)11-24-21(29)22(30)27-25-12-16-6-9-19(18(23)10-16)31-13-20(28)26-17-7-4-15(3)5-8-17/h4-10,12,14H,11,13H2,1-3H3,(H,24,29)(H,26,28)(H,27,30)/b25-12-. The molecule has 0 aromatic heterocycles. The summed E-state index contributed by atoms with van der Waals surface area (Å²) in [4.78, 5) is 35.2. The highest BCUT2D eigenvalue weighted by atomic mass is 35.5. The Morgan fingerprint density at radius 2 is 1.81 bits per heavy atom. The number of anilines is 1. The Bertz CT molecular complexity index is 958. The molecule has 0 heterocycles. The summed E-state index contributed by atoms with van der Waals surface area (Å²) in [6.45, 7) is 6.00. The molecule has 164 valence electrons. The molecule has 0 unspecified atom stereocenters. The monoisotopic (exact) mass is 444 g/mol. The number of ether oxygens (including phenoxy) is 1. The molecule has 0 aliphatic heterocycles. The van der Waals surface area contributed by atoms with Gasteiger partial charge in [-0.25, -0.2) is 5.43 Å². The van der Waals surface area contributed by atoms with Crippen molar-refractivity contribution in [2.24, 2.45) is 11.0 Å². The summed E-state index contributed by atoms with van der Waals surface area (Å²) in [5.41, 5.74) is 4.49. The van der Waals surface area contributed by atoms with E-state index in [0.717, 1.165) is 5.56 Å². The van der Waals surface area contributed by atoms with E-state index in [1.807, 2.05) is 32.9 Å². The molecule has 0 saturated heterocycles. The van der Waals surface area contributed by atoms with Crippen LogP contribution in [0.15, 0.2) is 47.6 Å². The van der Waals surface area contributed by atoms with E-state index in [-0.39, 0.29) is 23.5 Å². The summed E-state index contributed by atoms with van der Waals surface area (Å²) in [6.07, 6.45) is 1.34. The SMILES string of the molecule is Cc1ccc(NC(=O)COc2ccc(/C=N\NC(=O)C(=O)NCC(C)C)cc2Cl)cc1. The van der Waals surface area contributed by atoms with Crippen molar-refractivity contribution in [1.29, 1.82) is 0 Å². The Labute approximate surface area is 186 Å². The maximum Gasteiger partial charge on any atom is 0.329 e. The number of carbonyl (C=O) groups excluding carboxylic acids is 3. The molecule has 0 aliphatic carbocycles. The minimum Gasteiger partial charge on any atom is -0.482 e. The van der Waals surface area contributed by atoms with Crippen LogP contribution in [0.4, 0.5) is 5.69 Å². The molecular formula is C22H25ClN4O4. The van der Waals surface area contributed by atoms with Gasteiger partial charge in [0.15, 0.2) is 6.61 Å². The smallest absolute Gasteiger partial charge is 0.329 e. The first-order chi connectivity index (χ1) is 14.7. The van der Waals surface area contributed by atoms with Crippen LogP contribution in [0.2, 0.25) is 5.02 Å². The summed E-state index contributed by atoms with van der Waals surface area (Å²) in [5, 5.41) is 9.23. The molecule has 0 bridgehead atoms. The summed E-state index contributed by atoms with van der Waals surface area (Å²) in [5.74, 6) is -1.37. The van der Waals surface area contributed by atoms with Crippen LogP contribution >= 0.6 is 11.6 Å². The van der Waals surface area contributed by atoms with Crippen LogP contribution in [0, 0.1) is 12.8 Å². The number of aryl methyl sites for hydroxylation is 1. The van der Waals surface area contributed by atoms with Gasteiger partial charge in [0, 0.05) is 12.2 Å². The van der Waals surface area contributed by atoms with Crippen molar-refractivity contribution in [2.45, 2.75) is 20.8 Å². The number of amides is 3. The second-order valence-corrected chi connectivity index (χ2v) is 7.60. The van der Waals surface area contributed by atoms with Crippen molar-refractivity contribution in [3.8, 4) is 5.75 Å². The van der Waals surface area contributed by atoms with E-state index < -0.39 is 11.8 Å². The fourth-order valence-corrected chi connectivity index (χ4v) is 2.53. The Morgan fingerprint density at radius 1 is 1.10 bits per heavy atom. The molecule has 0 fully saturated rings. The first kappa shape index (κ1) is 23.9. The van der Waals surface area contributed by atoms with Crippen molar-refractivity contribution >= 4 is 41.2 Å². The summed E-state index contributed by atoms with van der Waals surface area (Å²) in [6, 6.07) is 12.2. The van der Waals surface area contributed by atoms with Crippen molar-refractivity contribution < 1.29 is 19.1 Å². The minimum absolute atomic E-state index is 0.206. The number of halogens is 1. The van der Waals surface area contributed by atoms with E-state index in [1.54, 1.807) is 30.3 Å². The van der Waals surface area contributed by atoms with E-state index in [4.69, 9.17) is 16.3 Å². The molecule has 3 amide bonds. The van der Waals surface area contributed by atoms with Crippen LogP contribution in [-0.4, -0.2) is 37.1 Å². The highest BCUT2D eigenvalue weighted by Crippen LogP contribution is 2.25. The summed E-state index contributed by atoms with van der Waals surface area (Å²) in [7, 11) is 0. The molecule has 0 radical (unpaired) electrons. The van der Waals surface area contributed by atoms with E-state index in [0.29, 0.717) is 23.5 Å². The predicted molar refractivity (Wildman–Crippen MR) is 120 cm³/mol. The topological polar surface area (TPSA) is 109 Å². The van der Waals surface area contributed by atoms with Gasteiger partial charge in [-0.15, -0.1) is 0 Å². The second kappa shape index (κ2) is 11.7. The maximum atomic E-state index is 12.0. The van der Waals surface area contributed by atoms with E-state index >= 15 is 0 Å². The molecule has 31 heavy (non-hydrogen) atoms. The second-order valence-electron chi connectivity index (χ2n) is 7.20. The van der Waals surface area contributed by atoms with Gasteiger partial charge in [-0.1, -0.05) is 43.1 Å². The number of nitrogens with zero attached hydrogens (tertiary/aromatic N) is 1. The highest BCUT2D eigenvalue weighted by molar-refractivity contribution is 6.35. The molecule has 2 rings (SSSR count). The summed E-state index contributed by atoms with van der Waals surface area (Å²) >= 11 is 6.18. The Balaban J connectivity index is 1.83. The highest BCUT2D eigenvalue weighted by Gasteiger charge is 2.12. The fraction of sp³-hybridized carbons (Fsp3) is 0.273. The average Bonchev–Trinajstić information content (AvgIpc) is 2.73. The van der Waals surface area contributed by atoms with Crippen LogP contribution in [0.25, 0.3) is 0 Å². The minimum atomic E-state index is -0.859. The maximum absolute atomic E-state index is 12.0. The Morgan fingerprint density at radius 3 is 2.45 bits per heavy atom. The van der Waals surface area contributed by atoms with E-state index in [2.05, 4.69) is 21.2 Å². The zero-order valence-corrected chi connectivity index (χ0v) is 18.3. The number of carbonyl (C=O) groups is 3. The molecule has 0 atom stereocenters. The Hall–Kier alpha value is -3.39. The third kappa shape index (κ3) is 8.47. The molecule has 0 spiro atoms. The van der Waals surface area contributed by atoms with Crippen LogP contribution < -0.4 is 20.8 Å². The lowest BCUT2D eigenvalue weighted by Crippen LogP contribution is -2.39. The van der Waals surface area contributed by atoms with Crippen molar-refractivity contribution in [1.82, 2.24) is 10.7 Å². The van der Waals surface area contributed by atoms with Crippen LogP contribution in [0.3, 0.4) is 0 Å². The normalized spacial score (nSPS) is 10.7. The van der Waals surface area contributed by atoms with Crippen LogP contribution in [-0.2, 0) is 14.4 Å². The van der Waals surface area contributed by atoms with Gasteiger partial charge >= 0.3 is 11.8 Å². The van der Waals surface area contributed by atoms with Crippen LogP contribution in [0.5, 0.6) is 5.75 Å². The Kier molecular flexibility index (Phi) is 9.02. The molecule has 2 aromatic rings. The molecule has 8 nitrogen and oxygen atoms in total. The molecule has 0 aliphatic rings. The third-order valence-corrected chi connectivity index (χ3v) is 4.20. The molecule has 9 heteroatoms. The third-order valence-electron chi connectivity index (χ3n) is 3.91. The number of hydrogen-bond acceptors (Lipinski definition) is 5. The number of nitrogens with one attached hydrogen (secondary N) is 3. The summed E-state index contributed by atoms with van der Waals surface area (Å²) < 4.78 is 5.46. The largest absolute Gasteiger partial charge is 0.482 e. The zero-order chi connectivity index (χ0) is 22.8. The number of rotatable bonds is 8. The lowest BCUT2D eigenvalue weighted by Gasteiger charge is -2.09.